The van der Waals surface area contributed by atoms with Gasteiger partial charge in [-0.2, -0.15) is 0 Å². The van der Waals surface area contributed by atoms with Gasteiger partial charge in [0.1, 0.15) is 12.4 Å². The van der Waals surface area contributed by atoms with Gasteiger partial charge in [-0.15, -0.1) is 0 Å². The number of rotatable bonds is 5. The molecule has 0 radical (unpaired) electrons. The molecule has 17 heavy (non-hydrogen) atoms. The van der Waals surface area contributed by atoms with Crippen LogP contribution in [0.4, 0.5) is 0 Å². The van der Waals surface area contributed by atoms with Gasteiger partial charge in [0, 0.05) is 9.99 Å². The Labute approximate surface area is 116 Å². The SMILES string of the molecule is CC/C(OCc1ccc(I)cc1)=C1/O[C@@H]1CC. The Hall–Kier alpha value is -0.710. The maximum absolute atomic E-state index is 5.83. The minimum atomic E-state index is 0.307. The molecule has 1 aromatic carbocycles. The zero-order valence-electron chi connectivity index (χ0n) is 10.2. The Balaban J connectivity index is 1.93. The van der Waals surface area contributed by atoms with Crippen molar-refractivity contribution in [2.24, 2.45) is 0 Å². The third-order valence-corrected chi connectivity index (χ3v) is 3.52. The summed E-state index contributed by atoms with van der Waals surface area (Å²) in [6.07, 6.45) is 2.24. The zero-order chi connectivity index (χ0) is 12.3. The Morgan fingerprint density at radius 3 is 2.53 bits per heavy atom. The molecule has 0 aliphatic carbocycles. The van der Waals surface area contributed by atoms with E-state index >= 15 is 0 Å². The predicted molar refractivity (Wildman–Crippen MR) is 76.4 cm³/mol. The van der Waals surface area contributed by atoms with E-state index in [1.807, 2.05) is 0 Å². The van der Waals surface area contributed by atoms with E-state index in [9.17, 15) is 0 Å². The molecule has 1 heterocycles. The zero-order valence-corrected chi connectivity index (χ0v) is 12.4. The average molecular weight is 344 g/mol. The van der Waals surface area contributed by atoms with Crippen LogP contribution in [-0.4, -0.2) is 6.10 Å². The van der Waals surface area contributed by atoms with Crippen molar-refractivity contribution in [3.8, 4) is 0 Å². The molecular weight excluding hydrogens is 327 g/mol. The van der Waals surface area contributed by atoms with Crippen LogP contribution in [0.25, 0.3) is 0 Å². The predicted octanol–water partition coefficient (Wildman–Crippen LogP) is 4.24. The maximum Gasteiger partial charge on any atom is 0.175 e. The molecule has 0 unspecified atom stereocenters. The first-order valence-corrected chi connectivity index (χ1v) is 7.09. The number of epoxide rings is 1. The van der Waals surface area contributed by atoms with Crippen molar-refractivity contribution in [2.45, 2.75) is 39.4 Å². The quantitative estimate of drug-likeness (QED) is 0.453. The minimum Gasteiger partial charge on any atom is -0.490 e. The third-order valence-electron chi connectivity index (χ3n) is 2.80. The molecule has 1 aromatic rings. The van der Waals surface area contributed by atoms with Crippen molar-refractivity contribution in [2.75, 3.05) is 0 Å². The number of halogens is 1. The summed E-state index contributed by atoms with van der Waals surface area (Å²) in [5.41, 5.74) is 1.20. The Morgan fingerprint density at radius 1 is 1.29 bits per heavy atom. The van der Waals surface area contributed by atoms with Crippen molar-refractivity contribution >= 4 is 22.6 Å². The summed E-state index contributed by atoms with van der Waals surface area (Å²) in [6.45, 7) is 4.86. The minimum absolute atomic E-state index is 0.307. The van der Waals surface area contributed by atoms with Crippen LogP contribution in [0.2, 0.25) is 0 Å². The fourth-order valence-electron chi connectivity index (χ4n) is 1.73. The van der Waals surface area contributed by atoms with E-state index in [1.165, 1.54) is 9.13 Å². The van der Waals surface area contributed by atoms with Crippen LogP contribution in [-0.2, 0) is 16.1 Å². The molecule has 0 saturated carbocycles. The van der Waals surface area contributed by atoms with E-state index in [2.05, 4.69) is 60.7 Å². The van der Waals surface area contributed by atoms with Gasteiger partial charge in [0.2, 0.25) is 0 Å². The topological polar surface area (TPSA) is 21.8 Å². The van der Waals surface area contributed by atoms with E-state index < -0.39 is 0 Å². The van der Waals surface area contributed by atoms with Gasteiger partial charge in [0.05, 0.1) is 0 Å². The largest absolute Gasteiger partial charge is 0.490 e. The first-order valence-electron chi connectivity index (χ1n) is 6.01. The number of hydrogen-bond donors (Lipinski definition) is 0. The van der Waals surface area contributed by atoms with E-state index in [0.717, 1.165) is 24.4 Å². The Morgan fingerprint density at radius 2 is 2.00 bits per heavy atom. The second kappa shape index (κ2) is 5.76. The first kappa shape index (κ1) is 12.7. The molecule has 1 aliphatic rings. The molecule has 0 bridgehead atoms. The molecule has 3 heteroatoms. The summed E-state index contributed by atoms with van der Waals surface area (Å²) in [4.78, 5) is 0. The fourth-order valence-corrected chi connectivity index (χ4v) is 2.09. The number of hydrogen-bond acceptors (Lipinski definition) is 2. The second-order valence-corrected chi connectivity index (χ2v) is 5.32. The van der Waals surface area contributed by atoms with E-state index in [0.29, 0.717) is 12.7 Å². The van der Waals surface area contributed by atoms with Crippen molar-refractivity contribution < 1.29 is 9.47 Å². The van der Waals surface area contributed by atoms with Gasteiger partial charge in [-0.25, -0.2) is 0 Å². The van der Waals surface area contributed by atoms with Crippen molar-refractivity contribution in [3.63, 3.8) is 0 Å². The number of benzene rings is 1. The molecule has 2 rings (SSSR count). The Kier molecular flexibility index (Phi) is 4.31. The first-order chi connectivity index (χ1) is 8.24. The highest BCUT2D eigenvalue weighted by Crippen LogP contribution is 2.34. The molecule has 92 valence electrons. The monoisotopic (exact) mass is 344 g/mol. The van der Waals surface area contributed by atoms with Crippen LogP contribution in [0.1, 0.15) is 32.3 Å². The molecule has 1 fully saturated rings. The fraction of sp³-hybridized carbons (Fsp3) is 0.429. The molecule has 1 aliphatic heterocycles. The number of allylic oxidation sites excluding steroid dienone is 1. The number of ether oxygens (including phenoxy) is 2. The van der Waals surface area contributed by atoms with E-state index in [1.54, 1.807) is 0 Å². The van der Waals surface area contributed by atoms with Crippen LogP contribution >= 0.6 is 22.6 Å². The van der Waals surface area contributed by atoms with E-state index in [4.69, 9.17) is 9.47 Å². The van der Waals surface area contributed by atoms with E-state index in [-0.39, 0.29) is 0 Å². The maximum atomic E-state index is 5.83. The molecule has 1 saturated heterocycles. The van der Waals surface area contributed by atoms with Crippen LogP contribution in [0.5, 0.6) is 0 Å². The van der Waals surface area contributed by atoms with Gasteiger partial charge in [0.25, 0.3) is 0 Å². The summed E-state index contributed by atoms with van der Waals surface area (Å²) in [5.74, 6) is 2.07. The van der Waals surface area contributed by atoms with Crippen molar-refractivity contribution in [1.82, 2.24) is 0 Å². The lowest BCUT2D eigenvalue weighted by Crippen LogP contribution is -1.94. The van der Waals surface area contributed by atoms with Gasteiger partial charge in [-0.3, -0.25) is 0 Å². The lowest BCUT2D eigenvalue weighted by molar-refractivity contribution is 0.185. The summed E-state index contributed by atoms with van der Waals surface area (Å²) in [6, 6.07) is 8.40. The van der Waals surface area contributed by atoms with Gasteiger partial charge in [0.15, 0.2) is 11.9 Å². The molecular formula is C14H17IO2. The molecule has 0 aromatic heterocycles. The van der Waals surface area contributed by atoms with Gasteiger partial charge >= 0.3 is 0 Å². The lowest BCUT2D eigenvalue weighted by atomic mass is 10.2. The summed E-state index contributed by atoms with van der Waals surface area (Å²) < 4.78 is 12.6. The van der Waals surface area contributed by atoms with Gasteiger partial charge < -0.3 is 9.47 Å². The summed E-state index contributed by atoms with van der Waals surface area (Å²) in [5, 5.41) is 0. The molecule has 0 amide bonds. The highest BCUT2D eigenvalue weighted by atomic mass is 127. The molecule has 2 nitrogen and oxygen atoms in total. The van der Waals surface area contributed by atoms with Gasteiger partial charge in [-0.1, -0.05) is 26.0 Å². The van der Waals surface area contributed by atoms with Crippen LogP contribution in [0, 0.1) is 3.57 Å². The second-order valence-electron chi connectivity index (χ2n) is 4.07. The average Bonchev–Trinajstić information content (AvgIpc) is 3.12. The smallest absolute Gasteiger partial charge is 0.175 e. The highest BCUT2D eigenvalue weighted by Gasteiger charge is 2.34. The van der Waals surface area contributed by atoms with Crippen LogP contribution < -0.4 is 0 Å². The third kappa shape index (κ3) is 3.37. The molecule has 0 N–H and O–H groups in total. The van der Waals surface area contributed by atoms with Crippen molar-refractivity contribution in [1.29, 1.82) is 0 Å². The Bertz CT molecular complexity index is 409. The van der Waals surface area contributed by atoms with Gasteiger partial charge in [-0.05, 0) is 46.7 Å². The van der Waals surface area contributed by atoms with Crippen LogP contribution in [0.3, 0.4) is 0 Å². The molecule has 1 atom stereocenters. The summed E-state index contributed by atoms with van der Waals surface area (Å²) >= 11 is 2.30. The normalized spacial score (nSPS) is 20.8. The molecule has 0 spiro atoms. The lowest BCUT2D eigenvalue weighted by Gasteiger charge is -2.07. The van der Waals surface area contributed by atoms with Crippen LogP contribution in [0.15, 0.2) is 35.8 Å². The highest BCUT2D eigenvalue weighted by molar-refractivity contribution is 14.1. The standard InChI is InChI=1S/C14H17IO2/c1-3-12(14-13(4-2)17-14)16-9-10-5-7-11(15)8-6-10/h5-8,13H,3-4,9H2,1-2H3/b14-12-/t13-/m1/s1. The van der Waals surface area contributed by atoms with Crippen molar-refractivity contribution in [3.05, 3.63) is 44.9 Å². The summed E-state index contributed by atoms with van der Waals surface area (Å²) in [7, 11) is 0.